The van der Waals surface area contributed by atoms with E-state index in [4.69, 9.17) is 13.9 Å². The van der Waals surface area contributed by atoms with E-state index < -0.39 is 60.3 Å². The second-order valence-electron chi connectivity index (χ2n) is 9.47. The average molecular weight is 573 g/mol. The maximum atomic E-state index is 13.8. The first-order valence-electron chi connectivity index (χ1n) is 12.3. The van der Waals surface area contributed by atoms with E-state index in [0.29, 0.717) is 22.4 Å². The molecule has 0 bridgehead atoms. The molecule has 13 nitrogen and oxygen atoms in total. The zero-order chi connectivity index (χ0) is 28.8. The number of oxazole rings is 1. The SMILES string of the molecule is CO[C@@H]1[C@@H](n2cc(-c3cc(F)c(F)c(F)c3)nn2)[C@@H](O)[C@@H](CO)O[C@@H]1Cn1cc(-c2ccc3[nH]c(=O)oc3c2)nn1. The van der Waals surface area contributed by atoms with Crippen LogP contribution in [0.1, 0.15) is 6.04 Å². The lowest BCUT2D eigenvalue weighted by molar-refractivity contribution is -0.216. The van der Waals surface area contributed by atoms with Crippen LogP contribution in [0.3, 0.4) is 0 Å². The summed E-state index contributed by atoms with van der Waals surface area (Å²) in [6.07, 6.45) is -1.04. The first-order valence-corrected chi connectivity index (χ1v) is 12.3. The molecule has 16 heteroatoms. The third kappa shape index (κ3) is 4.90. The van der Waals surface area contributed by atoms with Crippen molar-refractivity contribution in [3.05, 3.63) is 70.7 Å². The molecule has 0 aliphatic carbocycles. The fourth-order valence-electron chi connectivity index (χ4n) is 4.98. The summed E-state index contributed by atoms with van der Waals surface area (Å²) in [6, 6.07) is 5.68. The van der Waals surface area contributed by atoms with Crippen LogP contribution in [0.5, 0.6) is 0 Å². The smallest absolute Gasteiger partial charge is 0.408 e. The molecule has 5 aromatic rings. The number of nitrogens with one attached hydrogen (secondary N) is 1. The highest BCUT2D eigenvalue weighted by atomic mass is 19.2. The number of aromatic amines is 1. The molecule has 5 atom stereocenters. The van der Waals surface area contributed by atoms with E-state index in [-0.39, 0.29) is 17.8 Å². The van der Waals surface area contributed by atoms with Crippen LogP contribution in [-0.4, -0.2) is 83.3 Å². The molecular formula is C25H22F3N7O6. The van der Waals surface area contributed by atoms with Crippen LogP contribution in [0.4, 0.5) is 13.2 Å². The van der Waals surface area contributed by atoms with Gasteiger partial charge in [-0.3, -0.25) is 4.98 Å². The fourth-order valence-corrected chi connectivity index (χ4v) is 4.98. The Labute approximate surface area is 227 Å². The predicted molar refractivity (Wildman–Crippen MR) is 133 cm³/mol. The molecule has 3 aromatic heterocycles. The zero-order valence-electron chi connectivity index (χ0n) is 21.2. The Morgan fingerprint density at radius 2 is 1.76 bits per heavy atom. The van der Waals surface area contributed by atoms with Crippen molar-refractivity contribution in [2.45, 2.75) is 37.0 Å². The Hall–Kier alpha value is -4.38. The number of benzene rings is 2. The second kappa shape index (κ2) is 10.5. The summed E-state index contributed by atoms with van der Waals surface area (Å²) in [4.78, 5) is 14.0. The summed E-state index contributed by atoms with van der Waals surface area (Å²) in [7, 11) is 1.40. The van der Waals surface area contributed by atoms with Crippen LogP contribution in [0.15, 0.2) is 51.9 Å². The van der Waals surface area contributed by atoms with Crippen LogP contribution in [0.2, 0.25) is 0 Å². The monoisotopic (exact) mass is 573 g/mol. The first kappa shape index (κ1) is 26.8. The van der Waals surface area contributed by atoms with Gasteiger partial charge in [-0.1, -0.05) is 16.5 Å². The largest absolute Gasteiger partial charge is 0.417 e. The number of ether oxygens (including phenoxy) is 2. The topological polar surface area (TPSA) is 166 Å². The van der Waals surface area contributed by atoms with Crippen molar-refractivity contribution >= 4 is 11.1 Å². The quantitative estimate of drug-likeness (QED) is 0.243. The van der Waals surface area contributed by atoms with E-state index in [0.717, 1.165) is 12.1 Å². The molecule has 4 heterocycles. The molecule has 6 rings (SSSR count). The number of H-pyrrole nitrogens is 1. The number of halogens is 3. The van der Waals surface area contributed by atoms with Crippen molar-refractivity contribution in [3.63, 3.8) is 0 Å². The third-order valence-electron chi connectivity index (χ3n) is 6.95. The van der Waals surface area contributed by atoms with E-state index in [1.54, 1.807) is 24.4 Å². The van der Waals surface area contributed by atoms with E-state index >= 15 is 0 Å². The second-order valence-corrected chi connectivity index (χ2v) is 9.47. The molecule has 1 aliphatic heterocycles. The van der Waals surface area contributed by atoms with Gasteiger partial charge in [-0.15, -0.1) is 10.2 Å². The van der Waals surface area contributed by atoms with E-state index in [1.807, 2.05) is 0 Å². The Balaban J connectivity index is 1.27. The van der Waals surface area contributed by atoms with Gasteiger partial charge in [-0.2, -0.15) is 0 Å². The van der Waals surface area contributed by atoms with Gasteiger partial charge in [0.15, 0.2) is 23.0 Å². The molecular weight excluding hydrogens is 551 g/mol. The molecule has 214 valence electrons. The molecule has 0 spiro atoms. The Morgan fingerprint density at radius 3 is 2.49 bits per heavy atom. The molecule has 0 unspecified atom stereocenters. The minimum Gasteiger partial charge on any atom is -0.408 e. The highest BCUT2D eigenvalue weighted by Crippen LogP contribution is 2.34. The van der Waals surface area contributed by atoms with Crippen molar-refractivity contribution in [3.8, 4) is 22.5 Å². The van der Waals surface area contributed by atoms with Crippen LogP contribution >= 0.6 is 0 Å². The van der Waals surface area contributed by atoms with Gasteiger partial charge in [-0.05, 0) is 24.3 Å². The number of fused-ring (bicyclic) bond motifs is 1. The van der Waals surface area contributed by atoms with Crippen molar-refractivity contribution in [2.75, 3.05) is 13.7 Å². The number of aromatic nitrogens is 7. The maximum absolute atomic E-state index is 13.8. The lowest BCUT2D eigenvalue weighted by Gasteiger charge is -2.43. The standard InChI is InChI=1S/C25H22F3N7O6/c1-39-24-19(9-34-7-16(30-32-34)11-2-3-15-18(6-11)41-25(38)29-15)40-20(10-36)23(37)22(24)35-8-17(31-33-35)12-4-13(26)21(28)14(27)5-12/h2-8,19-20,22-24,36-37H,9-10H2,1H3,(H,29,38)/t19-,20-,22+,23+,24+/m1/s1. The average Bonchev–Trinajstić information content (AvgIpc) is 3.71. The number of methoxy groups -OCH3 is 1. The van der Waals surface area contributed by atoms with Gasteiger partial charge >= 0.3 is 5.76 Å². The predicted octanol–water partition coefficient (Wildman–Crippen LogP) is 1.43. The Morgan fingerprint density at radius 1 is 1.02 bits per heavy atom. The molecule has 1 aliphatic rings. The highest BCUT2D eigenvalue weighted by molar-refractivity contribution is 5.78. The number of aliphatic hydroxyl groups excluding tert-OH is 2. The van der Waals surface area contributed by atoms with Crippen molar-refractivity contribution in [2.24, 2.45) is 0 Å². The number of aliphatic hydroxyl groups is 2. The van der Waals surface area contributed by atoms with Gasteiger partial charge in [0, 0.05) is 18.2 Å². The highest BCUT2D eigenvalue weighted by Gasteiger charge is 2.47. The number of hydrogen-bond acceptors (Lipinski definition) is 10. The third-order valence-corrected chi connectivity index (χ3v) is 6.95. The van der Waals surface area contributed by atoms with Gasteiger partial charge < -0.3 is 24.1 Å². The molecule has 3 N–H and O–H groups in total. The van der Waals surface area contributed by atoms with Crippen LogP contribution in [-0.2, 0) is 16.0 Å². The molecule has 2 aromatic carbocycles. The summed E-state index contributed by atoms with van der Waals surface area (Å²) in [5, 5.41) is 37.2. The Kier molecular flexibility index (Phi) is 6.90. The summed E-state index contributed by atoms with van der Waals surface area (Å²) in [5.41, 5.74) is 1.98. The molecule has 1 saturated heterocycles. The molecule has 0 saturated carbocycles. The summed E-state index contributed by atoms with van der Waals surface area (Å²) in [6.45, 7) is -0.451. The normalized spacial score (nSPS) is 22.9. The lowest BCUT2D eigenvalue weighted by atomic mass is 9.92. The van der Waals surface area contributed by atoms with Crippen molar-refractivity contribution < 1.29 is 37.3 Å². The minimum absolute atomic E-state index is 0.0181. The summed E-state index contributed by atoms with van der Waals surface area (Å²) < 4.78 is 60.5. The minimum atomic E-state index is -1.61. The van der Waals surface area contributed by atoms with Crippen LogP contribution in [0.25, 0.3) is 33.6 Å². The van der Waals surface area contributed by atoms with Crippen LogP contribution in [0, 0.1) is 17.5 Å². The van der Waals surface area contributed by atoms with Crippen LogP contribution < -0.4 is 5.76 Å². The number of hydrogen-bond donors (Lipinski definition) is 3. The van der Waals surface area contributed by atoms with Gasteiger partial charge in [0.1, 0.15) is 41.8 Å². The van der Waals surface area contributed by atoms with E-state index in [2.05, 4.69) is 25.6 Å². The zero-order valence-corrected chi connectivity index (χ0v) is 21.2. The van der Waals surface area contributed by atoms with Crippen molar-refractivity contribution in [1.82, 2.24) is 35.0 Å². The lowest BCUT2D eigenvalue weighted by Crippen LogP contribution is -2.57. The molecule has 1 fully saturated rings. The van der Waals surface area contributed by atoms with Gasteiger partial charge in [0.05, 0.1) is 31.1 Å². The van der Waals surface area contributed by atoms with Crippen molar-refractivity contribution in [1.29, 1.82) is 0 Å². The van der Waals surface area contributed by atoms with E-state index in [9.17, 15) is 28.2 Å². The summed E-state index contributed by atoms with van der Waals surface area (Å²) >= 11 is 0. The maximum Gasteiger partial charge on any atom is 0.417 e. The van der Waals surface area contributed by atoms with Gasteiger partial charge in [0.25, 0.3) is 0 Å². The summed E-state index contributed by atoms with van der Waals surface area (Å²) in [5.74, 6) is -4.96. The molecule has 0 amide bonds. The first-order chi connectivity index (χ1) is 19.7. The van der Waals surface area contributed by atoms with E-state index in [1.165, 1.54) is 22.7 Å². The fraction of sp³-hybridized carbons (Fsp3) is 0.320. The van der Waals surface area contributed by atoms with Gasteiger partial charge in [-0.25, -0.2) is 27.3 Å². The molecule has 0 radical (unpaired) electrons. The number of rotatable bonds is 7. The molecule has 41 heavy (non-hydrogen) atoms. The van der Waals surface area contributed by atoms with Gasteiger partial charge in [0.2, 0.25) is 0 Å². The number of nitrogens with zero attached hydrogens (tertiary/aromatic N) is 6. The Bertz CT molecular complexity index is 1740.